The van der Waals surface area contributed by atoms with Crippen molar-refractivity contribution in [2.45, 2.75) is 43.0 Å². The maximum Gasteiger partial charge on any atom is 0.241 e. The molecule has 1 aliphatic rings. The van der Waals surface area contributed by atoms with Crippen LogP contribution >= 0.6 is 15.9 Å². The highest BCUT2D eigenvalue weighted by atomic mass is 79.9. The predicted octanol–water partition coefficient (Wildman–Crippen LogP) is 2.98. The molecular weight excluding hydrogens is 314 g/mol. The van der Waals surface area contributed by atoms with E-state index in [0.717, 1.165) is 31.2 Å². The van der Waals surface area contributed by atoms with Gasteiger partial charge in [-0.05, 0) is 31.4 Å². The van der Waals surface area contributed by atoms with Crippen LogP contribution in [0, 0.1) is 6.92 Å². The van der Waals surface area contributed by atoms with Gasteiger partial charge in [0, 0.05) is 10.9 Å². The van der Waals surface area contributed by atoms with Gasteiger partial charge in [0.15, 0.2) is 0 Å². The number of alkyl halides is 1. The molecule has 1 aliphatic carbocycles. The van der Waals surface area contributed by atoms with Gasteiger partial charge >= 0.3 is 0 Å². The fraction of sp³-hybridized carbons (Fsp3) is 0.538. The molecule has 1 aromatic carbocycles. The number of rotatable bonds is 4. The van der Waals surface area contributed by atoms with Crippen LogP contribution < -0.4 is 4.72 Å². The lowest BCUT2D eigenvalue weighted by atomic mass is 10.0. The van der Waals surface area contributed by atoms with E-state index in [-0.39, 0.29) is 5.54 Å². The predicted molar refractivity (Wildman–Crippen MR) is 76.5 cm³/mol. The second kappa shape index (κ2) is 5.31. The Bertz CT molecular complexity index is 522. The van der Waals surface area contributed by atoms with Crippen molar-refractivity contribution in [2.75, 3.05) is 5.33 Å². The van der Waals surface area contributed by atoms with Crippen molar-refractivity contribution >= 4 is 26.0 Å². The standard InChI is InChI=1S/C13H18BrNO2S/c1-11-6-2-3-7-12(11)18(16,17)15-13(10-14)8-4-5-9-13/h2-3,6-7,15H,4-5,8-10H2,1H3. The van der Waals surface area contributed by atoms with Crippen LogP contribution in [0.3, 0.4) is 0 Å². The average Bonchev–Trinajstić information content (AvgIpc) is 2.78. The lowest BCUT2D eigenvalue weighted by Gasteiger charge is -2.28. The van der Waals surface area contributed by atoms with Gasteiger partial charge in [-0.3, -0.25) is 0 Å². The zero-order chi connectivity index (χ0) is 13.2. The van der Waals surface area contributed by atoms with Gasteiger partial charge in [-0.15, -0.1) is 0 Å². The smallest absolute Gasteiger partial charge is 0.207 e. The first-order valence-corrected chi connectivity index (χ1v) is 8.75. The van der Waals surface area contributed by atoms with Crippen LogP contribution in [0.5, 0.6) is 0 Å². The molecule has 0 saturated heterocycles. The molecule has 1 fully saturated rings. The minimum Gasteiger partial charge on any atom is -0.207 e. The number of nitrogens with one attached hydrogen (secondary N) is 1. The molecule has 0 aromatic heterocycles. The van der Waals surface area contributed by atoms with Gasteiger partial charge in [0.1, 0.15) is 0 Å². The van der Waals surface area contributed by atoms with Crippen molar-refractivity contribution in [3.05, 3.63) is 29.8 Å². The molecule has 1 saturated carbocycles. The second-order valence-corrected chi connectivity index (χ2v) is 7.20. The van der Waals surface area contributed by atoms with E-state index in [1.54, 1.807) is 12.1 Å². The van der Waals surface area contributed by atoms with E-state index in [1.165, 1.54) is 0 Å². The lowest BCUT2D eigenvalue weighted by Crippen LogP contribution is -2.47. The molecule has 0 radical (unpaired) electrons. The molecule has 100 valence electrons. The Balaban J connectivity index is 2.30. The van der Waals surface area contributed by atoms with Crippen molar-refractivity contribution in [3.63, 3.8) is 0 Å². The summed E-state index contributed by atoms with van der Waals surface area (Å²) in [6.45, 7) is 1.82. The summed E-state index contributed by atoms with van der Waals surface area (Å²) in [7, 11) is -3.42. The monoisotopic (exact) mass is 331 g/mol. The van der Waals surface area contributed by atoms with Crippen molar-refractivity contribution < 1.29 is 8.42 Å². The van der Waals surface area contributed by atoms with E-state index in [1.807, 2.05) is 19.1 Å². The molecule has 2 rings (SSSR count). The van der Waals surface area contributed by atoms with Gasteiger partial charge in [-0.25, -0.2) is 13.1 Å². The van der Waals surface area contributed by atoms with E-state index in [2.05, 4.69) is 20.7 Å². The van der Waals surface area contributed by atoms with E-state index in [4.69, 9.17) is 0 Å². The van der Waals surface area contributed by atoms with Crippen LogP contribution in [0.1, 0.15) is 31.2 Å². The first-order chi connectivity index (χ1) is 8.49. The van der Waals surface area contributed by atoms with Crippen molar-refractivity contribution in [2.24, 2.45) is 0 Å². The van der Waals surface area contributed by atoms with Gasteiger partial charge in [-0.1, -0.05) is 47.0 Å². The van der Waals surface area contributed by atoms with Crippen molar-refractivity contribution in [1.82, 2.24) is 4.72 Å². The Morgan fingerprint density at radius 3 is 2.44 bits per heavy atom. The fourth-order valence-corrected chi connectivity index (χ4v) is 5.11. The van der Waals surface area contributed by atoms with E-state index in [0.29, 0.717) is 10.2 Å². The molecule has 0 unspecified atom stereocenters. The number of sulfonamides is 1. The summed E-state index contributed by atoms with van der Waals surface area (Å²) in [4.78, 5) is 0.386. The van der Waals surface area contributed by atoms with Gasteiger partial charge in [0.25, 0.3) is 0 Å². The summed E-state index contributed by atoms with van der Waals surface area (Å²) in [6, 6.07) is 7.10. The highest BCUT2D eigenvalue weighted by molar-refractivity contribution is 9.09. The number of halogens is 1. The van der Waals surface area contributed by atoms with Gasteiger partial charge in [0.2, 0.25) is 10.0 Å². The maximum absolute atomic E-state index is 12.4. The Morgan fingerprint density at radius 2 is 1.89 bits per heavy atom. The van der Waals surface area contributed by atoms with E-state index >= 15 is 0 Å². The summed E-state index contributed by atoms with van der Waals surface area (Å²) < 4.78 is 27.8. The first kappa shape index (κ1) is 14.0. The SMILES string of the molecule is Cc1ccccc1S(=O)(=O)NC1(CBr)CCCC1. The third-order valence-electron chi connectivity index (χ3n) is 3.55. The third kappa shape index (κ3) is 2.78. The van der Waals surface area contributed by atoms with Crippen LogP contribution in [0.4, 0.5) is 0 Å². The zero-order valence-electron chi connectivity index (χ0n) is 10.4. The van der Waals surface area contributed by atoms with Crippen LogP contribution in [0.25, 0.3) is 0 Å². The molecule has 0 bridgehead atoms. The van der Waals surface area contributed by atoms with Crippen LogP contribution in [-0.4, -0.2) is 19.3 Å². The molecule has 0 spiro atoms. The molecule has 0 amide bonds. The molecule has 18 heavy (non-hydrogen) atoms. The Labute approximate surface area is 117 Å². The minimum absolute atomic E-state index is 0.304. The van der Waals surface area contributed by atoms with Gasteiger partial charge in [-0.2, -0.15) is 0 Å². The highest BCUT2D eigenvalue weighted by Crippen LogP contribution is 2.33. The molecule has 0 heterocycles. The first-order valence-electron chi connectivity index (χ1n) is 6.15. The fourth-order valence-electron chi connectivity index (χ4n) is 2.51. The minimum atomic E-state index is -3.42. The highest BCUT2D eigenvalue weighted by Gasteiger charge is 2.37. The van der Waals surface area contributed by atoms with Crippen LogP contribution in [0.15, 0.2) is 29.2 Å². The normalized spacial score (nSPS) is 19.0. The lowest BCUT2D eigenvalue weighted by molar-refractivity contribution is 0.437. The van der Waals surface area contributed by atoms with E-state index in [9.17, 15) is 8.42 Å². The molecular formula is C13H18BrNO2S. The Kier molecular flexibility index (Phi) is 4.14. The van der Waals surface area contributed by atoms with Gasteiger partial charge in [0.05, 0.1) is 4.90 Å². The maximum atomic E-state index is 12.4. The number of hydrogen-bond donors (Lipinski definition) is 1. The number of hydrogen-bond acceptors (Lipinski definition) is 2. The quantitative estimate of drug-likeness (QED) is 0.862. The summed E-state index contributed by atoms with van der Waals surface area (Å²) in [5, 5.41) is 0.672. The molecule has 1 aromatic rings. The molecule has 1 N–H and O–H groups in total. The molecule has 0 atom stereocenters. The third-order valence-corrected chi connectivity index (χ3v) is 6.36. The van der Waals surface area contributed by atoms with Crippen LogP contribution in [0.2, 0.25) is 0 Å². The summed E-state index contributed by atoms with van der Waals surface area (Å²) in [5.41, 5.74) is 0.480. The molecule has 3 nitrogen and oxygen atoms in total. The molecule has 0 aliphatic heterocycles. The second-order valence-electron chi connectivity index (χ2n) is 4.99. The number of benzene rings is 1. The largest absolute Gasteiger partial charge is 0.241 e. The molecule has 5 heteroatoms. The topological polar surface area (TPSA) is 46.2 Å². The Hall–Kier alpha value is -0.390. The van der Waals surface area contributed by atoms with Crippen molar-refractivity contribution in [3.8, 4) is 0 Å². The number of aryl methyl sites for hydroxylation is 1. The summed E-state index contributed by atoms with van der Waals surface area (Å²) >= 11 is 3.45. The summed E-state index contributed by atoms with van der Waals surface area (Å²) in [6.07, 6.45) is 3.98. The summed E-state index contributed by atoms with van der Waals surface area (Å²) in [5.74, 6) is 0. The van der Waals surface area contributed by atoms with Crippen LogP contribution in [-0.2, 0) is 10.0 Å². The zero-order valence-corrected chi connectivity index (χ0v) is 12.9. The van der Waals surface area contributed by atoms with Crippen molar-refractivity contribution in [1.29, 1.82) is 0 Å². The van der Waals surface area contributed by atoms with E-state index < -0.39 is 10.0 Å². The average molecular weight is 332 g/mol. The van der Waals surface area contributed by atoms with Gasteiger partial charge < -0.3 is 0 Å². The Morgan fingerprint density at radius 1 is 1.28 bits per heavy atom.